The molecule has 0 saturated carbocycles. The molecule has 0 saturated heterocycles. The fourth-order valence-corrected chi connectivity index (χ4v) is 1.74. The van der Waals surface area contributed by atoms with E-state index in [4.69, 9.17) is 14.6 Å². The zero-order valence-electron chi connectivity index (χ0n) is 6.53. The highest BCUT2D eigenvalue weighted by molar-refractivity contribution is 7.08. The second-order valence-corrected chi connectivity index (χ2v) is 3.51. The molecule has 0 fully saturated rings. The molecule has 0 atom stereocenters. The fraction of sp³-hybridized carbons (Fsp3) is 0.500. The van der Waals surface area contributed by atoms with Gasteiger partial charge in [-0.1, -0.05) is 0 Å². The molecule has 0 amide bonds. The van der Waals surface area contributed by atoms with Crippen molar-refractivity contribution in [1.82, 2.24) is 0 Å². The Bertz CT molecular complexity index is 236. The molecule has 0 unspecified atom stereocenters. The number of aliphatic hydroxyl groups excluding tert-OH is 1. The van der Waals surface area contributed by atoms with Crippen LogP contribution in [-0.2, 0) is 0 Å². The van der Waals surface area contributed by atoms with Gasteiger partial charge in [0.15, 0.2) is 11.5 Å². The Morgan fingerprint density at radius 2 is 1.92 bits per heavy atom. The lowest BCUT2D eigenvalue weighted by atomic mass is 10.2. The summed E-state index contributed by atoms with van der Waals surface area (Å²) < 4.78 is 10.8. The summed E-state index contributed by atoms with van der Waals surface area (Å²) in [6, 6.07) is 0. The molecule has 3 nitrogen and oxygen atoms in total. The van der Waals surface area contributed by atoms with Gasteiger partial charge in [-0.25, -0.2) is 0 Å². The molecule has 0 spiro atoms. The Morgan fingerprint density at radius 3 is 2.42 bits per heavy atom. The average Bonchev–Trinajstić information content (AvgIpc) is 2.46. The lowest BCUT2D eigenvalue weighted by Crippen LogP contribution is -2.20. The van der Waals surface area contributed by atoms with Gasteiger partial charge in [-0.3, -0.25) is 0 Å². The van der Waals surface area contributed by atoms with Gasteiger partial charge in [0.1, 0.15) is 0 Å². The van der Waals surface area contributed by atoms with E-state index in [1.54, 1.807) is 11.3 Å². The lowest BCUT2D eigenvalue weighted by Gasteiger charge is -2.08. The highest BCUT2D eigenvalue weighted by Gasteiger charge is 2.17. The highest BCUT2D eigenvalue weighted by atomic mass is 32.1. The number of hydrogen-bond acceptors (Lipinski definition) is 4. The molecular formula is C8H10O3S. The number of thiophene rings is 1. The zero-order chi connectivity index (χ0) is 8.39. The van der Waals surface area contributed by atoms with Crippen LogP contribution >= 0.6 is 11.3 Å². The second kappa shape index (κ2) is 3.33. The van der Waals surface area contributed by atoms with Crippen molar-refractivity contribution < 1.29 is 14.6 Å². The van der Waals surface area contributed by atoms with E-state index in [2.05, 4.69) is 0 Å². The second-order valence-electron chi connectivity index (χ2n) is 2.77. The molecule has 12 heavy (non-hydrogen) atoms. The van der Waals surface area contributed by atoms with Gasteiger partial charge in [-0.05, 0) is 0 Å². The third kappa shape index (κ3) is 1.40. The fourth-order valence-electron chi connectivity index (χ4n) is 1.05. The summed E-state index contributed by atoms with van der Waals surface area (Å²) in [4.78, 5) is 0. The molecule has 1 aliphatic heterocycles. The summed E-state index contributed by atoms with van der Waals surface area (Å²) in [5, 5.41) is 12.7. The first kappa shape index (κ1) is 7.89. The minimum atomic E-state index is 0.0994. The molecule has 2 heterocycles. The summed E-state index contributed by atoms with van der Waals surface area (Å²) in [5.74, 6) is 1.70. The number of aliphatic hydroxyl groups is 1. The van der Waals surface area contributed by atoms with E-state index in [0.29, 0.717) is 13.2 Å². The van der Waals surface area contributed by atoms with Crippen LogP contribution in [0.1, 0.15) is 0 Å². The molecule has 1 aromatic rings. The number of ether oxygens (including phenoxy) is 2. The largest absolute Gasteiger partial charge is 0.488 e. The molecule has 0 aromatic carbocycles. The molecule has 0 radical (unpaired) electrons. The van der Waals surface area contributed by atoms with Crippen LogP contribution in [0.15, 0.2) is 10.8 Å². The maximum Gasteiger partial charge on any atom is 0.171 e. The maximum absolute atomic E-state index is 8.88. The Morgan fingerprint density at radius 1 is 1.33 bits per heavy atom. The minimum Gasteiger partial charge on any atom is -0.488 e. The molecular weight excluding hydrogens is 176 g/mol. The average molecular weight is 186 g/mol. The Balaban J connectivity index is 2.10. The molecule has 0 aliphatic carbocycles. The first-order valence-corrected chi connectivity index (χ1v) is 4.77. The van der Waals surface area contributed by atoms with Gasteiger partial charge in [0, 0.05) is 10.8 Å². The Labute approximate surface area is 74.5 Å². The summed E-state index contributed by atoms with van der Waals surface area (Å²) >= 11 is 1.56. The zero-order valence-corrected chi connectivity index (χ0v) is 7.34. The number of rotatable bonds is 1. The number of fused-ring (bicyclic) bond motifs is 1. The third-order valence-electron chi connectivity index (χ3n) is 1.80. The summed E-state index contributed by atoms with van der Waals surface area (Å²) in [6.45, 7) is 1.20. The molecule has 4 heteroatoms. The first-order chi connectivity index (χ1) is 5.90. The molecule has 1 aliphatic rings. The van der Waals surface area contributed by atoms with Gasteiger partial charge < -0.3 is 14.6 Å². The number of hydrogen-bond donors (Lipinski definition) is 1. The van der Waals surface area contributed by atoms with Crippen molar-refractivity contribution in [1.29, 1.82) is 0 Å². The van der Waals surface area contributed by atoms with Gasteiger partial charge in [-0.2, -0.15) is 0 Å². The molecule has 2 rings (SSSR count). The van der Waals surface area contributed by atoms with E-state index in [-0.39, 0.29) is 12.5 Å². The van der Waals surface area contributed by atoms with Crippen molar-refractivity contribution in [3.05, 3.63) is 10.8 Å². The van der Waals surface area contributed by atoms with Crippen LogP contribution in [-0.4, -0.2) is 24.9 Å². The molecule has 1 N–H and O–H groups in total. The van der Waals surface area contributed by atoms with Crippen molar-refractivity contribution in [3.63, 3.8) is 0 Å². The Hall–Kier alpha value is -0.740. The van der Waals surface area contributed by atoms with Crippen molar-refractivity contribution >= 4 is 11.3 Å². The van der Waals surface area contributed by atoms with Crippen molar-refractivity contribution in [2.45, 2.75) is 0 Å². The quantitative estimate of drug-likeness (QED) is 0.714. The normalized spacial score (nSPS) is 17.4. The molecule has 1 aromatic heterocycles. The van der Waals surface area contributed by atoms with E-state index in [9.17, 15) is 0 Å². The van der Waals surface area contributed by atoms with E-state index in [1.807, 2.05) is 10.8 Å². The van der Waals surface area contributed by atoms with Crippen LogP contribution in [0, 0.1) is 5.92 Å². The van der Waals surface area contributed by atoms with Crippen molar-refractivity contribution in [2.75, 3.05) is 19.8 Å². The van der Waals surface area contributed by atoms with Gasteiger partial charge in [-0.15, -0.1) is 11.3 Å². The van der Waals surface area contributed by atoms with Crippen molar-refractivity contribution in [3.8, 4) is 11.5 Å². The highest BCUT2D eigenvalue weighted by Crippen LogP contribution is 2.33. The first-order valence-electron chi connectivity index (χ1n) is 3.83. The smallest absolute Gasteiger partial charge is 0.171 e. The van der Waals surface area contributed by atoms with Crippen LogP contribution in [0.3, 0.4) is 0 Å². The minimum absolute atomic E-state index is 0.0994. The van der Waals surface area contributed by atoms with E-state index >= 15 is 0 Å². The van der Waals surface area contributed by atoms with Crippen molar-refractivity contribution in [2.24, 2.45) is 5.92 Å². The van der Waals surface area contributed by atoms with Crippen LogP contribution in [0.4, 0.5) is 0 Å². The van der Waals surface area contributed by atoms with E-state index in [0.717, 1.165) is 11.5 Å². The van der Waals surface area contributed by atoms with Gasteiger partial charge >= 0.3 is 0 Å². The van der Waals surface area contributed by atoms with Crippen LogP contribution in [0.25, 0.3) is 0 Å². The van der Waals surface area contributed by atoms with Gasteiger partial charge in [0.05, 0.1) is 25.7 Å². The SMILES string of the molecule is OCC1COc2cscc2OC1. The topological polar surface area (TPSA) is 38.7 Å². The van der Waals surface area contributed by atoms with Gasteiger partial charge in [0.2, 0.25) is 0 Å². The lowest BCUT2D eigenvalue weighted by molar-refractivity contribution is 0.136. The summed E-state index contributed by atoms with van der Waals surface area (Å²) in [6.07, 6.45) is 0. The van der Waals surface area contributed by atoms with E-state index < -0.39 is 0 Å². The van der Waals surface area contributed by atoms with Gasteiger partial charge in [0.25, 0.3) is 0 Å². The van der Waals surface area contributed by atoms with Crippen LogP contribution < -0.4 is 9.47 Å². The standard InChI is InChI=1S/C8H10O3S/c9-1-6-2-10-7-4-12-5-8(7)11-3-6/h4-6,9H,1-3H2. The van der Waals surface area contributed by atoms with Crippen LogP contribution in [0.5, 0.6) is 11.5 Å². The maximum atomic E-state index is 8.88. The summed E-state index contributed by atoms with van der Waals surface area (Å²) in [5.41, 5.74) is 0. The Kier molecular flexibility index (Phi) is 2.19. The third-order valence-corrected chi connectivity index (χ3v) is 2.50. The molecule has 0 bridgehead atoms. The monoisotopic (exact) mass is 186 g/mol. The predicted molar refractivity (Wildman–Crippen MR) is 45.9 cm³/mol. The van der Waals surface area contributed by atoms with Crippen LogP contribution in [0.2, 0.25) is 0 Å². The molecule has 66 valence electrons. The predicted octanol–water partition coefficient (Wildman–Crippen LogP) is 1.13. The summed E-state index contributed by atoms with van der Waals surface area (Å²) in [7, 11) is 0. The van der Waals surface area contributed by atoms with E-state index in [1.165, 1.54) is 0 Å².